The van der Waals surface area contributed by atoms with Crippen molar-refractivity contribution < 1.29 is 5.11 Å². The second kappa shape index (κ2) is 6.69. The summed E-state index contributed by atoms with van der Waals surface area (Å²) < 4.78 is 0. The van der Waals surface area contributed by atoms with Gasteiger partial charge in [0.25, 0.3) is 0 Å². The van der Waals surface area contributed by atoms with Crippen molar-refractivity contribution in [2.24, 2.45) is 5.73 Å². The van der Waals surface area contributed by atoms with Gasteiger partial charge in [0.15, 0.2) is 0 Å². The smallest absolute Gasteiger partial charge is 0.0948 e. The molecule has 0 heterocycles. The standard InChI is InChI=1S/C13H20N2OS/c1-3-15(7-8-16)12(13(14)17)11-6-4-5-10(2)9-11/h4-6,9,12,16H,3,7-8H2,1-2H3,(H2,14,17). The molecule has 1 aromatic carbocycles. The van der Waals surface area contributed by atoms with E-state index in [-0.39, 0.29) is 12.6 Å². The summed E-state index contributed by atoms with van der Waals surface area (Å²) in [5, 5.41) is 9.07. The van der Waals surface area contributed by atoms with Gasteiger partial charge in [0.05, 0.1) is 17.6 Å². The molecule has 0 radical (unpaired) electrons. The SMILES string of the molecule is CCN(CCO)C(C(N)=S)c1cccc(C)c1. The number of nitrogens with two attached hydrogens (primary N) is 1. The highest BCUT2D eigenvalue weighted by Gasteiger charge is 2.21. The van der Waals surface area contributed by atoms with Crippen LogP contribution >= 0.6 is 12.2 Å². The fourth-order valence-electron chi connectivity index (χ4n) is 1.99. The van der Waals surface area contributed by atoms with Gasteiger partial charge >= 0.3 is 0 Å². The minimum Gasteiger partial charge on any atom is -0.395 e. The number of aryl methyl sites for hydroxylation is 1. The van der Waals surface area contributed by atoms with Crippen molar-refractivity contribution in [2.75, 3.05) is 19.7 Å². The highest BCUT2D eigenvalue weighted by molar-refractivity contribution is 7.80. The highest BCUT2D eigenvalue weighted by atomic mass is 32.1. The van der Waals surface area contributed by atoms with Gasteiger partial charge in [0, 0.05) is 6.54 Å². The molecule has 0 aliphatic carbocycles. The Morgan fingerprint density at radius 2 is 2.24 bits per heavy atom. The van der Waals surface area contributed by atoms with Crippen molar-refractivity contribution in [1.29, 1.82) is 0 Å². The molecule has 17 heavy (non-hydrogen) atoms. The number of thiocarbonyl (C=S) groups is 1. The third kappa shape index (κ3) is 3.77. The van der Waals surface area contributed by atoms with E-state index in [1.165, 1.54) is 5.56 Å². The lowest BCUT2D eigenvalue weighted by Crippen LogP contribution is -2.38. The van der Waals surface area contributed by atoms with Crippen LogP contribution in [0.1, 0.15) is 24.1 Å². The monoisotopic (exact) mass is 252 g/mol. The van der Waals surface area contributed by atoms with Gasteiger partial charge < -0.3 is 10.8 Å². The molecule has 0 amide bonds. The van der Waals surface area contributed by atoms with Gasteiger partial charge in [-0.2, -0.15) is 0 Å². The van der Waals surface area contributed by atoms with Crippen molar-refractivity contribution in [1.82, 2.24) is 4.90 Å². The van der Waals surface area contributed by atoms with Crippen LogP contribution in [-0.4, -0.2) is 34.7 Å². The average molecular weight is 252 g/mol. The van der Waals surface area contributed by atoms with E-state index >= 15 is 0 Å². The number of hydrogen-bond acceptors (Lipinski definition) is 3. The van der Waals surface area contributed by atoms with Crippen LogP contribution < -0.4 is 5.73 Å². The predicted molar refractivity (Wildman–Crippen MR) is 75.0 cm³/mol. The van der Waals surface area contributed by atoms with E-state index in [1.807, 2.05) is 32.0 Å². The Kier molecular flexibility index (Phi) is 5.55. The topological polar surface area (TPSA) is 49.5 Å². The quantitative estimate of drug-likeness (QED) is 0.756. The van der Waals surface area contributed by atoms with E-state index in [9.17, 15) is 0 Å². The first-order valence-electron chi connectivity index (χ1n) is 5.81. The maximum atomic E-state index is 9.07. The van der Waals surface area contributed by atoms with Crippen LogP contribution in [0.4, 0.5) is 0 Å². The summed E-state index contributed by atoms with van der Waals surface area (Å²) in [6, 6.07) is 8.06. The molecule has 4 heteroatoms. The zero-order valence-corrected chi connectivity index (χ0v) is 11.2. The Labute approximate surface area is 108 Å². The molecule has 0 aromatic heterocycles. The zero-order chi connectivity index (χ0) is 12.8. The molecular weight excluding hydrogens is 232 g/mol. The van der Waals surface area contributed by atoms with Gasteiger partial charge in [-0.05, 0) is 19.0 Å². The average Bonchev–Trinajstić information content (AvgIpc) is 2.28. The predicted octanol–water partition coefficient (Wildman–Crippen LogP) is 1.64. The summed E-state index contributed by atoms with van der Waals surface area (Å²) in [4.78, 5) is 2.53. The third-order valence-corrected chi connectivity index (χ3v) is 3.01. The van der Waals surface area contributed by atoms with E-state index in [1.54, 1.807) is 0 Å². The van der Waals surface area contributed by atoms with Crippen LogP contribution in [0.3, 0.4) is 0 Å². The molecule has 1 unspecified atom stereocenters. The van der Waals surface area contributed by atoms with Gasteiger partial charge in [0.1, 0.15) is 0 Å². The van der Waals surface area contributed by atoms with Gasteiger partial charge in [-0.25, -0.2) is 0 Å². The van der Waals surface area contributed by atoms with E-state index in [0.29, 0.717) is 11.5 Å². The summed E-state index contributed by atoms with van der Waals surface area (Å²) in [6.45, 7) is 5.57. The molecule has 0 saturated heterocycles. The Morgan fingerprint density at radius 1 is 1.53 bits per heavy atom. The van der Waals surface area contributed by atoms with Crippen molar-refractivity contribution in [2.45, 2.75) is 19.9 Å². The number of aliphatic hydroxyl groups excluding tert-OH is 1. The lowest BCUT2D eigenvalue weighted by molar-refractivity contribution is 0.185. The molecule has 0 spiro atoms. The van der Waals surface area contributed by atoms with E-state index in [2.05, 4.69) is 11.0 Å². The molecule has 1 atom stereocenters. The maximum Gasteiger partial charge on any atom is 0.0948 e. The first-order chi connectivity index (χ1) is 8.10. The molecule has 3 nitrogen and oxygen atoms in total. The fraction of sp³-hybridized carbons (Fsp3) is 0.462. The fourth-order valence-corrected chi connectivity index (χ4v) is 2.28. The zero-order valence-electron chi connectivity index (χ0n) is 10.4. The van der Waals surface area contributed by atoms with Gasteiger partial charge in [-0.1, -0.05) is 49.0 Å². The maximum absolute atomic E-state index is 9.07. The summed E-state index contributed by atoms with van der Waals surface area (Å²) in [7, 11) is 0. The second-order valence-electron chi connectivity index (χ2n) is 4.07. The minimum atomic E-state index is -0.0953. The van der Waals surface area contributed by atoms with Crippen LogP contribution in [0.2, 0.25) is 0 Å². The third-order valence-electron chi connectivity index (χ3n) is 2.79. The van der Waals surface area contributed by atoms with Crippen LogP contribution in [-0.2, 0) is 0 Å². The van der Waals surface area contributed by atoms with Crippen molar-refractivity contribution in [3.05, 3.63) is 35.4 Å². The Bertz CT molecular complexity index is 381. The van der Waals surface area contributed by atoms with Crippen molar-refractivity contribution in [3.8, 4) is 0 Å². The Balaban J connectivity index is 3.03. The van der Waals surface area contributed by atoms with Crippen molar-refractivity contribution >= 4 is 17.2 Å². The molecular formula is C13H20N2OS. The Morgan fingerprint density at radius 3 is 2.71 bits per heavy atom. The Hall–Kier alpha value is -0.970. The first kappa shape index (κ1) is 14.1. The summed E-state index contributed by atoms with van der Waals surface area (Å²) in [5.74, 6) is 0. The summed E-state index contributed by atoms with van der Waals surface area (Å²) in [5.41, 5.74) is 8.11. The van der Waals surface area contributed by atoms with Crippen LogP contribution in [0, 0.1) is 6.92 Å². The molecule has 3 N–H and O–H groups in total. The molecule has 0 aliphatic heterocycles. The number of rotatable bonds is 6. The molecule has 1 aromatic rings. The summed E-state index contributed by atoms with van der Waals surface area (Å²) in [6.07, 6.45) is 0. The van der Waals surface area contributed by atoms with Gasteiger partial charge in [-0.15, -0.1) is 0 Å². The molecule has 0 saturated carbocycles. The largest absolute Gasteiger partial charge is 0.395 e. The lowest BCUT2D eigenvalue weighted by Gasteiger charge is -2.29. The second-order valence-corrected chi connectivity index (χ2v) is 4.54. The van der Waals surface area contributed by atoms with Crippen LogP contribution in [0.5, 0.6) is 0 Å². The molecule has 0 aliphatic rings. The summed E-state index contributed by atoms with van der Waals surface area (Å²) >= 11 is 5.15. The highest BCUT2D eigenvalue weighted by Crippen LogP contribution is 2.21. The molecule has 1 rings (SSSR count). The number of nitrogens with zero attached hydrogens (tertiary/aromatic N) is 1. The van der Waals surface area contributed by atoms with E-state index < -0.39 is 0 Å². The first-order valence-corrected chi connectivity index (χ1v) is 6.21. The van der Waals surface area contributed by atoms with E-state index in [0.717, 1.165) is 12.1 Å². The van der Waals surface area contributed by atoms with Crippen molar-refractivity contribution in [3.63, 3.8) is 0 Å². The molecule has 0 bridgehead atoms. The number of hydrogen-bond donors (Lipinski definition) is 2. The molecule has 94 valence electrons. The lowest BCUT2D eigenvalue weighted by atomic mass is 10.0. The van der Waals surface area contributed by atoms with E-state index in [4.69, 9.17) is 23.1 Å². The van der Waals surface area contributed by atoms with Crippen LogP contribution in [0.15, 0.2) is 24.3 Å². The number of likely N-dealkylation sites (N-methyl/N-ethyl adjacent to an activating group) is 1. The van der Waals surface area contributed by atoms with Crippen LogP contribution in [0.25, 0.3) is 0 Å². The normalized spacial score (nSPS) is 12.7. The number of benzene rings is 1. The minimum absolute atomic E-state index is 0.0953. The van der Waals surface area contributed by atoms with Gasteiger partial charge in [0.2, 0.25) is 0 Å². The van der Waals surface area contributed by atoms with Gasteiger partial charge in [-0.3, -0.25) is 4.90 Å². The molecule has 0 fully saturated rings. The number of aliphatic hydroxyl groups is 1.